The van der Waals surface area contributed by atoms with E-state index in [1.807, 2.05) is 84.9 Å². The van der Waals surface area contributed by atoms with Crippen LogP contribution in [-0.2, 0) is 34.6 Å². The molecule has 0 radical (unpaired) electrons. The minimum Gasteiger partial charge on any atom is -0.214 e. The number of benzene rings is 2. The summed E-state index contributed by atoms with van der Waals surface area (Å²) in [6.07, 6.45) is 7.53. The van der Waals surface area contributed by atoms with Gasteiger partial charge in [0.1, 0.15) is 0 Å². The summed E-state index contributed by atoms with van der Waals surface area (Å²) in [5.74, 6) is 0. The SMILES string of the molecule is CCCCc1c[c-]ccc1.CCCCc1c[c-]ccc1.[Ti+4].c1cc[cH-]c1.c1cc[cH-]c1. The van der Waals surface area contributed by atoms with Crippen LogP contribution in [0.2, 0.25) is 0 Å². The normalized spacial score (nSPS) is 8.84. The Balaban J connectivity index is 0.000000401. The zero-order valence-corrected chi connectivity index (χ0v) is 20.7. The van der Waals surface area contributed by atoms with Crippen molar-refractivity contribution in [3.63, 3.8) is 0 Å². The average Bonchev–Trinajstić information content (AvgIpc) is 3.57. The van der Waals surface area contributed by atoms with Crippen LogP contribution in [0.25, 0.3) is 0 Å². The van der Waals surface area contributed by atoms with Crippen LogP contribution < -0.4 is 0 Å². The molecule has 1 heteroatoms. The quantitative estimate of drug-likeness (QED) is 0.207. The molecule has 0 aliphatic heterocycles. The van der Waals surface area contributed by atoms with E-state index in [0.717, 1.165) is 0 Å². The van der Waals surface area contributed by atoms with Gasteiger partial charge in [-0.15, -0.1) is 0 Å². The molecule has 160 valence electrons. The van der Waals surface area contributed by atoms with Gasteiger partial charge in [0.15, 0.2) is 0 Å². The summed E-state index contributed by atoms with van der Waals surface area (Å²) in [4.78, 5) is 0. The molecule has 4 aromatic carbocycles. The Labute approximate surface area is 206 Å². The van der Waals surface area contributed by atoms with Gasteiger partial charge in [-0.2, -0.15) is 108 Å². The molecule has 0 spiro atoms. The number of unbranched alkanes of at least 4 members (excludes halogenated alkanes) is 2. The molecule has 4 aromatic rings. The number of aryl methyl sites for hydroxylation is 2. The fraction of sp³-hybridized carbons (Fsp3) is 0.267. The molecule has 0 N–H and O–H groups in total. The Bertz CT molecular complexity index is 652. The van der Waals surface area contributed by atoms with Crippen molar-refractivity contribution in [3.8, 4) is 0 Å². The zero-order valence-electron chi connectivity index (χ0n) is 19.1. The first-order chi connectivity index (χ1) is 14.9. The van der Waals surface area contributed by atoms with Crippen molar-refractivity contribution < 1.29 is 21.7 Å². The Kier molecular flexibility index (Phi) is 21.0. The molecule has 0 saturated heterocycles. The molecule has 0 bridgehead atoms. The van der Waals surface area contributed by atoms with Crippen LogP contribution in [0.5, 0.6) is 0 Å². The molecule has 0 heterocycles. The van der Waals surface area contributed by atoms with E-state index in [0.29, 0.717) is 0 Å². The third kappa shape index (κ3) is 18.3. The largest absolute Gasteiger partial charge is 4.00 e. The summed E-state index contributed by atoms with van der Waals surface area (Å²) in [5.41, 5.74) is 2.81. The van der Waals surface area contributed by atoms with Crippen molar-refractivity contribution in [1.82, 2.24) is 0 Å². The van der Waals surface area contributed by atoms with Gasteiger partial charge in [0.2, 0.25) is 0 Å². The molecule has 0 unspecified atom stereocenters. The second kappa shape index (κ2) is 22.5. The first-order valence-electron chi connectivity index (χ1n) is 11.1. The van der Waals surface area contributed by atoms with Gasteiger partial charge in [0.05, 0.1) is 0 Å². The van der Waals surface area contributed by atoms with E-state index >= 15 is 0 Å². The minimum absolute atomic E-state index is 0. The summed E-state index contributed by atoms with van der Waals surface area (Å²) in [7, 11) is 0. The smallest absolute Gasteiger partial charge is 0.214 e. The maximum atomic E-state index is 3.07. The maximum Gasteiger partial charge on any atom is 4.00 e. The van der Waals surface area contributed by atoms with E-state index in [-0.39, 0.29) is 21.7 Å². The number of hydrogen-bond donors (Lipinski definition) is 0. The topological polar surface area (TPSA) is 0 Å². The van der Waals surface area contributed by atoms with E-state index in [9.17, 15) is 0 Å². The molecule has 0 saturated carbocycles. The van der Waals surface area contributed by atoms with Gasteiger partial charge in [-0.05, 0) is 0 Å². The standard InChI is InChI=1S/2C10H13.2C5H5.Ti/c2*1-2-3-7-10-8-5-4-6-9-10;2*1-2-4-5-3-1;/h2*4-5,8-9H,2-3,7H2,1H3;2*1-5H;/q4*-1;+4. The maximum absolute atomic E-state index is 3.07. The summed E-state index contributed by atoms with van der Waals surface area (Å²) < 4.78 is 0. The van der Waals surface area contributed by atoms with E-state index in [2.05, 4.69) is 50.2 Å². The van der Waals surface area contributed by atoms with E-state index < -0.39 is 0 Å². The molecule has 0 fully saturated rings. The monoisotopic (exact) mass is 444 g/mol. The Morgan fingerprint density at radius 3 is 1.23 bits per heavy atom. The Morgan fingerprint density at radius 1 is 0.613 bits per heavy atom. The first-order valence-corrected chi connectivity index (χ1v) is 11.1. The second-order valence-electron chi connectivity index (χ2n) is 6.96. The number of rotatable bonds is 6. The van der Waals surface area contributed by atoms with Crippen molar-refractivity contribution in [2.24, 2.45) is 0 Å². The fourth-order valence-corrected chi connectivity index (χ4v) is 2.58. The molecule has 0 amide bonds. The second-order valence-corrected chi connectivity index (χ2v) is 6.96. The van der Waals surface area contributed by atoms with Crippen LogP contribution in [0.4, 0.5) is 0 Å². The summed E-state index contributed by atoms with van der Waals surface area (Å²) >= 11 is 0. The van der Waals surface area contributed by atoms with E-state index in [4.69, 9.17) is 0 Å². The van der Waals surface area contributed by atoms with Crippen molar-refractivity contribution >= 4 is 0 Å². The first kappa shape index (κ1) is 28.9. The number of hydrogen-bond acceptors (Lipinski definition) is 0. The molecule has 31 heavy (non-hydrogen) atoms. The fourth-order valence-electron chi connectivity index (χ4n) is 2.58. The van der Waals surface area contributed by atoms with Gasteiger partial charge in [-0.25, -0.2) is 24.3 Å². The third-order valence-corrected chi connectivity index (χ3v) is 4.29. The molecule has 0 nitrogen and oxygen atoms in total. The summed E-state index contributed by atoms with van der Waals surface area (Å²) in [5, 5.41) is 0. The predicted octanol–water partition coefficient (Wildman–Crippen LogP) is 8.47. The van der Waals surface area contributed by atoms with Crippen molar-refractivity contribution in [1.29, 1.82) is 0 Å². The Morgan fingerprint density at radius 2 is 1.00 bits per heavy atom. The van der Waals surface area contributed by atoms with Gasteiger partial charge in [-0.1, -0.05) is 52.4 Å². The molecular weight excluding hydrogens is 408 g/mol. The van der Waals surface area contributed by atoms with E-state index in [1.165, 1.54) is 49.7 Å². The summed E-state index contributed by atoms with van der Waals surface area (Å²) in [6.45, 7) is 4.43. The molecule has 0 aliphatic rings. The molecule has 4 rings (SSSR count). The molecular formula is C30H36Ti. The van der Waals surface area contributed by atoms with Crippen LogP contribution in [0.1, 0.15) is 50.7 Å². The van der Waals surface area contributed by atoms with E-state index in [1.54, 1.807) is 0 Å². The average molecular weight is 444 g/mol. The molecule has 0 atom stereocenters. The van der Waals surface area contributed by atoms with Crippen molar-refractivity contribution in [2.45, 2.75) is 52.4 Å². The molecule has 0 aromatic heterocycles. The van der Waals surface area contributed by atoms with Crippen molar-refractivity contribution in [3.05, 3.63) is 132 Å². The summed E-state index contributed by atoms with van der Waals surface area (Å²) in [6, 6.07) is 42.6. The zero-order chi connectivity index (χ0) is 21.5. The van der Waals surface area contributed by atoms with Crippen LogP contribution in [-0.4, -0.2) is 0 Å². The van der Waals surface area contributed by atoms with Crippen LogP contribution in [0.15, 0.2) is 109 Å². The minimum atomic E-state index is 0. The van der Waals surface area contributed by atoms with Gasteiger partial charge >= 0.3 is 21.7 Å². The van der Waals surface area contributed by atoms with Crippen LogP contribution in [0, 0.1) is 12.1 Å². The van der Waals surface area contributed by atoms with Gasteiger partial charge in [0, 0.05) is 0 Å². The Hall–Kier alpha value is -2.15. The van der Waals surface area contributed by atoms with Gasteiger partial charge < -0.3 is 0 Å². The predicted molar refractivity (Wildman–Crippen MR) is 132 cm³/mol. The van der Waals surface area contributed by atoms with Crippen LogP contribution in [0.3, 0.4) is 0 Å². The van der Waals surface area contributed by atoms with Gasteiger partial charge in [-0.3, -0.25) is 0 Å². The molecule has 0 aliphatic carbocycles. The van der Waals surface area contributed by atoms with Crippen molar-refractivity contribution in [2.75, 3.05) is 0 Å². The third-order valence-electron chi connectivity index (χ3n) is 4.29. The van der Waals surface area contributed by atoms with Crippen LogP contribution >= 0.6 is 0 Å². The van der Waals surface area contributed by atoms with Gasteiger partial charge in [0.25, 0.3) is 0 Å².